The van der Waals surface area contributed by atoms with Crippen molar-refractivity contribution < 1.29 is 18.0 Å². The lowest BCUT2D eigenvalue weighted by atomic mass is 10.0. The van der Waals surface area contributed by atoms with Gasteiger partial charge in [0.15, 0.2) is 5.82 Å². The van der Waals surface area contributed by atoms with Gasteiger partial charge < -0.3 is 14.2 Å². The quantitative estimate of drug-likeness (QED) is 0.587. The second kappa shape index (κ2) is 9.75. The van der Waals surface area contributed by atoms with Gasteiger partial charge >= 0.3 is 6.01 Å². The number of hydrogen-bond donors (Lipinski definition) is 0. The first-order valence-electron chi connectivity index (χ1n) is 9.83. The van der Waals surface area contributed by atoms with E-state index in [1.807, 2.05) is 20.9 Å². The van der Waals surface area contributed by atoms with Gasteiger partial charge in [-0.2, -0.15) is 4.98 Å². The molecule has 160 valence electrons. The minimum absolute atomic E-state index is 0.0167. The number of benzene rings is 1. The fourth-order valence-corrected chi connectivity index (χ4v) is 3.90. The highest BCUT2D eigenvalue weighted by molar-refractivity contribution is 7.98. The zero-order chi connectivity index (χ0) is 21.0. The highest BCUT2D eigenvalue weighted by Crippen LogP contribution is 2.27. The summed E-state index contributed by atoms with van der Waals surface area (Å²) in [6.07, 6.45) is 3.59. The summed E-state index contributed by atoms with van der Waals surface area (Å²) in [5.41, 5.74) is 0. The number of aromatic nitrogens is 2. The first-order chi connectivity index (χ1) is 13.9. The molecule has 0 radical (unpaired) electrons. The molecule has 1 aliphatic heterocycles. The van der Waals surface area contributed by atoms with E-state index in [4.69, 9.17) is 9.26 Å². The van der Waals surface area contributed by atoms with Crippen LogP contribution in [-0.4, -0.2) is 60.6 Å². The molecule has 0 spiro atoms. The van der Waals surface area contributed by atoms with E-state index < -0.39 is 11.6 Å². The van der Waals surface area contributed by atoms with Crippen LogP contribution in [0.15, 0.2) is 21.6 Å². The predicted molar refractivity (Wildman–Crippen MR) is 110 cm³/mol. The molecular weight excluding hydrogens is 398 g/mol. The molecule has 0 atom stereocenters. The van der Waals surface area contributed by atoms with Crippen LogP contribution >= 0.6 is 11.8 Å². The van der Waals surface area contributed by atoms with E-state index >= 15 is 0 Å². The number of rotatable bonds is 8. The van der Waals surface area contributed by atoms with Gasteiger partial charge in [-0.15, -0.1) is 11.8 Å². The number of halogens is 2. The van der Waals surface area contributed by atoms with Gasteiger partial charge in [0, 0.05) is 43.7 Å². The van der Waals surface area contributed by atoms with E-state index in [0.29, 0.717) is 25.2 Å². The summed E-state index contributed by atoms with van der Waals surface area (Å²) < 4.78 is 38.6. The zero-order valence-corrected chi connectivity index (χ0v) is 18.1. The molecule has 2 aromatic rings. The Kier molecular flexibility index (Phi) is 7.34. The van der Waals surface area contributed by atoms with Gasteiger partial charge in [0.2, 0.25) is 0 Å². The Morgan fingerprint density at radius 3 is 2.48 bits per heavy atom. The Labute approximate surface area is 174 Å². The monoisotopic (exact) mass is 426 g/mol. The number of thioether (sulfide) groups is 1. The second-order valence-corrected chi connectivity index (χ2v) is 8.37. The van der Waals surface area contributed by atoms with E-state index in [-0.39, 0.29) is 16.6 Å². The summed E-state index contributed by atoms with van der Waals surface area (Å²) in [6.45, 7) is 6.83. The maximum Gasteiger partial charge on any atom is 0.324 e. The Balaban J connectivity index is 1.44. The lowest BCUT2D eigenvalue weighted by molar-refractivity contribution is 0.168. The average molecular weight is 427 g/mol. The Morgan fingerprint density at radius 1 is 1.28 bits per heavy atom. The van der Waals surface area contributed by atoms with Crippen molar-refractivity contribution in [1.29, 1.82) is 0 Å². The Morgan fingerprint density at radius 2 is 1.93 bits per heavy atom. The van der Waals surface area contributed by atoms with Gasteiger partial charge in [-0.05, 0) is 26.1 Å². The van der Waals surface area contributed by atoms with Gasteiger partial charge in [0.05, 0.1) is 4.90 Å². The van der Waals surface area contributed by atoms with E-state index in [9.17, 15) is 8.78 Å². The van der Waals surface area contributed by atoms with Crippen LogP contribution in [-0.2, 0) is 0 Å². The lowest BCUT2D eigenvalue weighted by Crippen LogP contribution is -2.44. The van der Waals surface area contributed by atoms with Crippen LogP contribution < -0.4 is 9.64 Å². The van der Waals surface area contributed by atoms with Crippen molar-refractivity contribution in [1.82, 2.24) is 15.0 Å². The number of nitrogens with zero attached hydrogens (tertiary/aromatic N) is 4. The molecule has 3 rings (SSSR count). The number of piperidine rings is 1. The molecule has 0 aliphatic carbocycles. The predicted octanol–water partition coefficient (Wildman–Crippen LogP) is 4.17. The van der Waals surface area contributed by atoms with E-state index in [0.717, 1.165) is 43.5 Å². The smallest absolute Gasteiger partial charge is 0.324 e. The number of anilines is 1. The number of ether oxygens (including phenoxy) is 1. The molecule has 9 heteroatoms. The SMILES string of the molecule is CSc1c(F)cc(OCCN(C)C2CCN(c3nc(C(C)C)no3)CC2)cc1F. The molecule has 1 aromatic heterocycles. The maximum atomic E-state index is 13.8. The van der Waals surface area contributed by atoms with Crippen molar-refractivity contribution in [3.8, 4) is 5.75 Å². The zero-order valence-electron chi connectivity index (χ0n) is 17.3. The molecule has 0 saturated carbocycles. The molecule has 0 unspecified atom stereocenters. The second-order valence-electron chi connectivity index (χ2n) is 7.56. The Hall–Kier alpha value is -1.87. The van der Waals surface area contributed by atoms with E-state index in [1.54, 1.807) is 6.26 Å². The van der Waals surface area contributed by atoms with Crippen molar-refractivity contribution in [2.45, 2.75) is 43.5 Å². The van der Waals surface area contributed by atoms with Crippen LogP contribution in [0.3, 0.4) is 0 Å². The molecular formula is C20H28F2N4O2S. The summed E-state index contributed by atoms with van der Waals surface area (Å²) in [5, 5.41) is 4.03. The van der Waals surface area contributed by atoms with E-state index in [1.165, 1.54) is 12.1 Å². The minimum atomic E-state index is -0.588. The molecule has 29 heavy (non-hydrogen) atoms. The first-order valence-corrected chi connectivity index (χ1v) is 11.1. The number of likely N-dealkylation sites (N-methyl/N-ethyl adjacent to an activating group) is 1. The maximum absolute atomic E-state index is 13.8. The molecule has 0 amide bonds. The molecule has 2 heterocycles. The van der Waals surface area contributed by atoms with Gasteiger partial charge in [-0.25, -0.2) is 8.78 Å². The third kappa shape index (κ3) is 5.39. The van der Waals surface area contributed by atoms with E-state index in [2.05, 4.69) is 19.9 Å². The van der Waals surface area contributed by atoms with Gasteiger partial charge in [-0.3, -0.25) is 4.90 Å². The van der Waals surface area contributed by atoms with Crippen molar-refractivity contribution in [2.75, 3.05) is 44.4 Å². The van der Waals surface area contributed by atoms with Gasteiger partial charge in [0.1, 0.15) is 24.0 Å². The summed E-state index contributed by atoms with van der Waals surface area (Å²) in [7, 11) is 2.05. The van der Waals surface area contributed by atoms with Crippen molar-refractivity contribution >= 4 is 17.8 Å². The summed E-state index contributed by atoms with van der Waals surface area (Å²) in [5.74, 6) is 0.0213. The third-order valence-electron chi connectivity index (χ3n) is 5.19. The minimum Gasteiger partial charge on any atom is -0.492 e. The van der Waals surface area contributed by atoms with Crippen molar-refractivity contribution in [3.05, 3.63) is 29.6 Å². The number of hydrogen-bond acceptors (Lipinski definition) is 7. The van der Waals surface area contributed by atoms with Crippen LogP contribution in [0.2, 0.25) is 0 Å². The lowest BCUT2D eigenvalue weighted by Gasteiger charge is -2.35. The van der Waals surface area contributed by atoms with Gasteiger partial charge in [0.25, 0.3) is 0 Å². The molecule has 1 fully saturated rings. The van der Waals surface area contributed by atoms with Crippen LogP contribution in [0.5, 0.6) is 5.75 Å². The third-order valence-corrected chi connectivity index (χ3v) is 5.99. The largest absolute Gasteiger partial charge is 0.492 e. The van der Waals surface area contributed by atoms with Crippen LogP contribution in [0, 0.1) is 11.6 Å². The fourth-order valence-electron chi connectivity index (χ4n) is 3.39. The summed E-state index contributed by atoms with van der Waals surface area (Å²) >= 11 is 1.05. The normalized spacial score (nSPS) is 15.5. The highest BCUT2D eigenvalue weighted by Gasteiger charge is 2.25. The molecule has 0 bridgehead atoms. The molecule has 1 aromatic carbocycles. The van der Waals surface area contributed by atoms with Crippen molar-refractivity contribution in [2.24, 2.45) is 0 Å². The summed E-state index contributed by atoms with van der Waals surface area (Å²) in [6, 6.07) is 3.48. The van der Waals surface area contributed by atoms with Gasteiger partial charge in [-0.1, -0.05) is 19.0 Å². The van der Waals surface area contributed by atoms with Crippen LogP contribution in [0.1, 0.15) is 38.4 Å². The average Bonchev–Trinajstić information content (AvgIpc) is 3.18. The van der Waals surface area contributed by atoms with Crippen LogP contribution in [0.4, 0.5) is 14.8 Å². The molecule has 1 aliphatic rings. The fraction of sp³-hybridized carbons (Fsp3) is 0.600. The first kappa shape index (κ1) is 21.8. The molecule has 6 nitrogen and oxygen atoms in total. The highest BCUT2D eigenvalue weighted by atomic mass is 32.2. The van der Waals surface area contributed by atoms with Crippen LogP contribution in [0.25, 0.3) is 0 Å². The molecule has 1 saturated heterocycles. The Bertz CT molecular complexity index is 787. The topological polar surface area (TPSA) is 54.6 Å². The van der Waals surface area contributed by atoms with Crippen molar-refractivity contribution in [3.63, 3.8) is 0 Å². The standard InChI is InChI=1S/C20H28F2N4O2S/c1-13(2)19-23-20(28-24-19)26-7-5-14(6-8-26)25(3)9-10-27-15-11-16(21)18(29-4)17(22)12-15/h11-14H,5-10H2,1-4H3. The molecule has 0 N–H and O–H groups in total. The summed E-state index contributed by atoms with van der Waals surface area (Å²) in [4.78, 5) is 8.83.